The monoisotopic (exact) mass is 373 g/mol. The lowest BCUT2D eigenvalue weighted by atomic mass is 9.94. The van der Waals surface area contributed by atoms with E-state index in [-0.39, 0.29) is 28.7 Å². The highest BCUT2D eigenvalue weighted by Gasteiger charge is 2.23. The number of rotatable bonds is 9. The predicted octanol–water partition coefficient (Wildman–Crippen LogP) is 1.32. The number of ether oxygens (including phenoxy) is 2. The van der Waals surface area contributed by atoms with Crippen LogP contribution in [0.1, 0.15) is 37.0 Å². The molecule has 1 aromatic carbocycles. The van der Waals surface area contributed by atoms with Crippen LogP contribution in [-0.4, -0.2) is 46.9 Å². The number of hydrogen-bond donors (Lipinski definition) is 3. The Balaban J connectivity index is 3.18. The van der Waals surface area contributed by atoms with Crippen molar-refractivity contribution < 1.29 is 22.7 Å². The molecule has 142 valence electrons. The van der Waals surface area contributed by atoms with Crippen molar-refractivity contribution in [2.24, 2.45) is 5.73 Å². The molecular weight excluding hydrogens is 346 g/mol. The fraction of sp³-hybridized carbons (Fsp3) is 0.562. The van der Waals surface area contributed by atoms with Crippen molar-refractivity contribution in [2.45, 2.75) is 32.2 Å². The maximum absolute atomic E-state index is 12.5. The number of nitrogens with one attached hydrogen (secondary N) is 2. The van der Waals surface area contributed by atoms with E-state index < -0.39 is 15.6 Å². The van der Waals surface area contributed by atoms with E-state index in [1.165, 1.54) is 26.4 Å². The summed E-state index contributed by atoms with van der Waals surface area (Å²) < 4.78 is 35.8. The van der Waals surface area contributed by atoms with E-state index in [2.05, 4.69) is 10.0 Å². The number of anilines is 1. The van der Waals surface area contributed by atoms with E-state index in [9.17, 15) is 13.2 Å². The number of methoxy groups -OCH3 is 2. The second-order valence-corrected chi connectivity index (χ2v) is 7.63. The van der Waals surface area contributed by atoms with Crippen molar-refractivity contribution in [3.63, 3.8) is 0 Å². The lowest BCUT2D eigenvalue weighted by molar-refractivity contribution is 0.0941. The first kappa shape index (κ1) is 21.0. The van der Waals surface area contributed by atoms with Gasteiger partial charge in [-0.3, -0.25) is 9.52 Å². The van der Waals surface area contributed by atoms with Crippen LogP contribution in [0, 0.1) is 0 Å². The zero-order valence-corrected chi connectivity index (χ0v) is 16.1. The van der Waals surface area contributed by atoms with E-state index in [0.29, 0.717) is 6.54 Å². The van der Waals surface area contributed by atoms with Crippen LogP contribution in [0.25, 0.3) is 0 Å². The molecule has 0 aromatic heterocycles. The zero-order chi connectivity index (χ0) is 19.3. The molecule has 1 rings (SSSR count). The number of carbonyl (C=O) groups is 1. The Morgan fingerprint density at radius 2 is 1.80 bits per heavy atom. The molecule has 8 nitrogen and oxygen atoms in total. The first-order valence-electron chi connectivity index (χ1n) is 7.90. The van der Waals surface area contributed by atoms with Gasteiger partial charge in [0, 0.05) is 17.6 Å². The van der Waals surface area contributed by atoms with Gasteiger partial charge in [-0.05, 0) is 25.0 Å². The summed E-state index contributed by atoms with van der Waals surface area (Å²) in [6.45, 7) is 4.22. The lowest BCUT2D eigenvalue weighted by Gasteiger charge is -2.27. The van der Waals surface area contributed by atoms with Gasteiger partial charge in [-0.2, -0.15) is 0 Å². The van der Waals surface area contributed by atoms with Crippen molar-refractivity contribution in [1.29, 1.82) is 0 Å². The Morgan fingerprint density at radius 1 is 1.20 bits per heavy atom. The van der Waals surface area contributed by atoms with Crippen LogP contribution >= 0.6 is 0 Å². The van der Waals surface area contributed by atoms with Gasteiger partial charge in [0.25, 0.3) is 5.91 Å². The summed E-state index contributed by atoms with van der Waals surface area (Å²) in [4.78, 5) is 12.5. The molecular formula is C16H27N3O5S. The molecule has 1 amide bonds. The zero-order valence-electron chi connectivity index (χ0n) is 15.3. The average Bonchev–Trinajstić information content (AvgIpc) is 2.57. The van der Waals surface area contributed by atoms with Crippen LogP contribution in [0.2, 0.25) is 0 Å². The Hall–Kier alpha value is -2.00. The highest BCUT2D eigenvalue weighted by molar-refractivity contribution is 7.92. The molecule has 0 spiro atoms. The van der Waals surface area contributed by atoms with E-state index >= 15 is 0 Å². The minimum Gasteiger partial charge on any atom is -0.493 e. The lowest BCUT2D eigenvalue weighted by Crippen LogP contribution is -2.49. The molecule has 0 aliphatic heterocycles. The van der Waals surface area contributed by atoms with Crippen molar-refractivity contribution in [2.75, 3.05) is 31.7 Å². The molecule has 0 heterocycles. The molecule has 0 unspecified atom stereocenters. The Labute approximate surface area is 149 Å². The maximum atomic E-state index is 12.5. The molecule has 0 radical (unpaired) electrons. The molecule has 1 aromatic rings. The van der Waals surface area contributed by atoms with Gasteiger partial charge >= 0.3 is 0 Å². The summed E-state index contributed by atoms with van der Waals surface area (Å²) in [5, 5.41) is 2.78. The first-order valence-corrected chi connectivity index (χ1v) is 9.79. The van der Waals surface area contributed by atoms with Gasteiger partial charge in [-0.1, -0.05) is 13.8 Å². The highest BCUT2D eigenvalue weighted by Crippen LogP contribution is 2.37. The van der Waals surface area contributed by atoms with Crippen molar-refractivity contribution in [3.8, 4) is 11.5 Å². The van der Waals surface area contributed by atoms with Crippen LogP contribution in [0.5, 0.6) is 11.5 Å². The first-order chi connectivity index (χ1) is 11.6. The van der Waals surface area contributed by atoms with Gasteiger partial charge in [-0.25, -0.2) is 8.42 Å². The number of amides is 1. The van der Waals surface area contributed by atoms with Gasteiger partial charge < -0.3 is 20.5 Å². The van der Waals surface area contributed by atoms with Gasteiger partial charge in [0.2, 0.25) is 10.0 Å². The molecule has 25 heavy (non-hydrogen) atoms. The summed E-state index contributed by atoms with van der Waals surface area (Å²) in [5.74, 6) is 0.0558. The molecule has 0 aliphatic carbocycles. The molecule has 0 saturated heterocycles. The summed E-state index contributed by atoms with van der Waals surface area (Å²) >= 11 is 0. The van der Waals surface area contributed by atoms with Crippen LogP contribution in [0.4, 0.5) is 5.69 Å². The molecule has 9 heteroatoms. The molecule has 0 aliphatic rings. The number of hydrogen-bond acceptors (Lipinski definition) is 6. The van der Waals surface area contributed by atoms with Crippen LogP contribution in [-0.2, 0) is 10.0 Å². The second-order valence-electron chi connectivity index (χ2n) is 5.89. The smallest absolute Gasteiger partial charge is 0.251 e. The number of carbonyl (C=O) groups excluding carboxylic acids is 1. The van der Waals surface area contributed by atoms with Crippen molar-refractivity contribution in [3.05, 3.63) is 17.7 Å². The average molecular weight is 373 g/mol. The standard InChI is InChI=1S/C16H27N3O5S/c1-6-16(17,7-2)10-18-15(20)11-8-12(19-25(5,21)22)14(24-4)13(9-11)23-3/h8-9,19H,6-7,10,17H2,1-5H3,(H,18,20). The quantitative estimate of drug-likeness (QED) is 0.600. The van der Waals surface area contributed by atoms with Gasteiger partial charge in [-0.15, -0.1) is 0 Å². The molecule has 0 saturated carbocycles. The number of benzene rings is 1. The van der Waals surface area contributed by atoms with E-state index in [0.717, 1.165) is 19.1 Å². The van der Waals surface area contributed by atoms with Gasteiger partial charge in [0.05, 0.1) is 26.2 Å². The molecule has 4 N–H and O–H groups in total. The summed E-state index contributed by atoms with van der Waals surface area (Å²) in [6, 6.07) is 2.88. The minimum atomic E-state index is -3.56. The summed E-state index contributed by atoms with van der Waals surface area (Å²) in [5.41, 5.74) is 6.06. The SMILES string of the molecule is CCC(N)(CC)CNC(=O)c1cc(NS(C)(=O)=O)c(OC)c(OC)c1. The van der Waals surface area contributed by atoms with Crippen LogP contribution in [0.15, 0.2) is 12.1 Å². The third-order valence-corrected chi connectivity index (χ3v) is 4.64. The number of nitrogens with two attached hydrogens (primary N) is 1. The number of sulfonamides is 1. The third kappa shape index (κ3) is 5.79. The van der Waals surface area contributed by atoms with Gasteiger partial charge in [0.1, 0.15) is 0 Å². The second kappa shape index (κ2) is 8.39. The van der Waals surface area contributed by atoms with Crippen molar-refractivity contribution in [1.82, 2.24) is 5.32 Å². The Bertz CT molecular complexity index is 715. The topological polar surface area (TPSA) is 120 Å². The Morgan fingerprint density at radius 3 is 2.24 bits per heavy atom. The molecule has 0 bridgehead atoms. The fourth-order valence-corrected chi connectivity index (χ4v) is 2.78. The van der Waals surface area contributed by atoms with E-state index in [1.54, 1.807) is 0 Å². The highest BCUT2D eigenvalue weighted by atomic mass is 32.2. The van der Waals surface area contributed by atoms with Crippen LogP contribution in [0.3, 0.4) is 0 Å². The third-order valence-electron chi connectivity index (χ3n) is 4.05. The normalized spacial score (nSPS) is 11.8. The van der Waals surface area contributed by atoms with Crippen LogP contribution < -0.4 is 25.2 Å². The minimum absolute atomic E-state index is 0.125. The molecule has 0 atom stereocenters. The van der Waals surface area contributed by atoms with Crippen molar-refractivity contribution >= 4 is 21.6 Å². The maximum Gasteiger partial charge on any atom is 0.251 e. The largest absolute Gasteiger partial charge is 0.493 e. The summed E-state index contributed by atoms with van der Waals surface area (Å²) in [7, 11) is -0.767. The Kier molecular flexibility index (Phi) is 7.06. The predicted molar refractivity (Wildman–Crippen MR) is 97.8 cm³/mol. The molecule has 0 fully saturated rings. The van der Waals surface area contributed by atoms with Gasteiger partial charge in [0.15, 0.2) is 11.5 Å². The fourth-order valence-electron chi connectivity index (χ4n) is 2.23. The van der Waals surface area contributed by atoms with E-state index in [1.807, 2.05) is 13.8 Å². The summed E-state index contributed by atoms with van der Waals surface area (Å²) in [6.07, 6.45) is 2.45. The van der Waals surface area contributed by atoms with E-state index in [4.69, 9.17) is 15.2 Å².